The first kappa shape index (κ1) is 24.8. The lowest BCUT2D eigenvalue weighted by Crippen LogP contribution is -2.78. The Kier molecular flexibility index (Phi) is 5.69. The van der Waals surface area contributed by atoms with Crippen molar-refractivity contribution in [3.05, 3.63) is 29.3 Å². The van der Waals surface area contributed by atoms with E-state index in [1.807, 2.05) is 6.07 Å². The molecule has 6 aliphatic rings. The number of hydrogen-bond acceptors (Lipinski definition) is 9. The van der Waals surface area contributed by atoms with E-state index in [0.717, 1.165) is 32.1 Å². The van der Waals surface area contributed by atoms with Crippen molar-refractivity contribution in [2.75, 3.05) is 7.11 Å². The van der Waals surface area contributed by atoms with Gasteiger partial charge in [-0.2, -0.15) is 4.89 Å². The standard InChI is InChI=1S/C25H31ClO10/c1-11-3-4-13(7-16(11)33-22-19(29)17(27)18(28)20(34-22)21(30)31)25(32-2)24(35-36-25)14-5-12-6-15(24)10-23(26,8-12)9-14/h3-4,7,12,14-15,17-20,22,27-29H,5-6,8-10H2,1-2H3,(H,30,31). The van der Waals surface area contributed by atoms with Crippen LogP contribution in [0.25, 0.3) is 0 Å². The third kappa shape index (κ3) is 3.26. The first-order valence-corrected chi connectivity index (χ1v) is 12.7. The van der Waals surface area contributed by atoms with E-state index >= 15 is 0 Å². The van der Waals surface area contributed by atoms with Crippen molar-refractivity contribution >= 4 is 17.6 Å². The molecule has 8 unspecified atom stereocenters. The lowest BCUT2D eigenvalue weighted by molar-refractivity contribution is -0.645. The summed E-state index contributed by atoms with van der Waals surface area (Å²) in [6.45, 7) is 1.78. The number of aliphatic hydroxyl groups is 3. The van der Waals surface area contributed by atoms with Gasteiger partial charge in [0.25, 0.3) is 5.79 Å². The Balaban J connectivity index is 1.32. The molecular weight excluding hydrogens is 496 g/mol. The number of methoxy groups -OCH3 is 1. The number of carbonyl (C=O) groups is 1. The molecule has 1 spiro atoms. The third-order valence-corrected chi connectivity index (χ3v) is 9.51. The number of carboxylic acids is 1. The minimum Gasteiger partial charge on any atom is -0.479 e. The number of hydrogen-bond donors (Lipinski definition) is 4. The SMILES string of the molecule is COC1(c2ccc(C)c(OC3OC(C(=O)O)C(O)C(O)C3O)c2)OOC12C1CC3CC2CC(Cl)(C3)C1. The zero-order chi connectivity index (χ0) is 25.6. The van der Waals surface area contributed by atoms with Gasteiger partial charge in [-0.05, 0) is 68.4 Å². The fourth-order valence-electron chi connectivity index (χ4n) is 7.55. The summed E-state index contributed by atoms with van der Waals surface area (Å²) in [7, 11) is 1.58. The Labute approximate surface area is 212 Å². The van der Waals surface area contributed by atoms with E-state index in [4.69, 9.17) is 35.6 Å². The number of halogens is 1. The zero-order valence-electron chi connectivity index (χ0n) is 20.0. The van der Waals surface area contributed by atoms with Crippen molar-refractivity contribution in [2.24, 2.45) is 17.8 Å². The number of ether oxygens (including phenoxy) is 3. The van der Waals surface area contributed by atoms with Gasteiger partial charge in [0.2, 0.25) is 6.29 Å². The molecule has 36 heavy (non-hydrogen) atoms. The molecule has 0 amide bonds. The lowest BCUT2D eigenvalue weighted by Gasteiger charge is -2.70. The number of aryl methyl sites for hydroxylation is 1. The molecule has 198 valence electrons. The van der Waals surface area contributed by atoms with Crippen LogP contribution >= 0.6 is 11.6 Å². The van der Waals surface area contributed by atoms with Crippen LogP contribution in [0.3, 0.4) is 0 Å². The summed E-state index contributed by atoms with van der Waals surface area (Å²) in [6.07, 6.45) is -3.86. The molecule has 2 aliphatic heterocycles. The van der Waals surface area contributed by atoms with E-state index in [0.29, 0.717) is 17.0 Å². The van der Waals surface area contributed by atoms with Crippen LogP contribution in [0.2, 0.25) is 0 Å². The van der Waals surface area contributed by atoms with Gasteiger partial charge in [-0.1, -0.05) is 12.1 Å². The fourth-order valence-corrected chi connectivity index (χ4v) is 8.14. The summed E-state index contributed by atoms with van der Waals surface area (Å²) in [6, 6.07) is 5.37. The highest BCUT2D eigenvalue weighted by atomic mass is 35.5. The number of alkyl halides is 1. The van der Waals surface area contributed by atoms with Crippen molar-refractivity contribution in [1.29, 1.82) is 0 Å². The van der Waals surface area contributed by atoms with Crippen LogP contribution in [-0.4, -0.2) is 74.7 Å². The summed E-state index contributed by atoms with van der Waals surface area (Å²) < 4.78 is 17.3. The predicted molar refractivity (Wildman–Crippen MR) is 122 cm³/mol. The quantitative estimate of drug-likeness (QED) is 0.329. The smallest absolute Gasteiger partial charge is 0.335 e. The molecule has 4 aliphatic carbocycles. The Morgan fingerprint density at radius 2 is 1.75 bits per heavy atom. The molecule has 4 bridgehead atoms. The second kappa shape index (κ2) is 8.25. The van der Waals surface area contributed by atoms with Crippen LogP contribution in [0, 0.1) is 24.7 Å². The monoisotopic (exact) mass is 526 g/mol. The van der Waals surface area contributed by atoms with Crippen LogP contribution in [0.1, 0.15) is 43.2 Å². The predicted octanol–water partition coefficient (Wildman–Crippen LogP) is 1.58. The minimum absolute atomic E-state index is 0.164. The van der Waals surface area contributed by atoms with Crippen molar-refractivity contribution in [2.45, 2.75) is 86.0 Å². The topological polar surface area (TPSA) is 144 Å². The van der Waals surface area contributed by atoms with E-state index in [2.05, 4.69) is 0 Å². The van der Waals surface area contributed by atoms with Gasteiger partial charge in [-0.3, -0.25) is 0 Å². The van der Waals surface area contributed by atoms with E-state index in [1.54, 1.807) is 26.2 Å². The van der Waals surface area contributed by atoms with Crippen molar-refractivity contribution in [1.82, 2.24) is 0 Å². The van der Waals surface area contributed by atoms with Gasteiger partial charge in [0.15, 0.2) is 11.7 Å². The van der Waals surface area contributed by atoms with Crippen molar-refractivity contribution in [3.8, 4) is 5.75 Å². The zero-order valence-corrected chi connectivity index (χ0v) is 20.8. The van der Waals surface area contributed by atoms with Crippen LogP contribution in [0.4, 0.5) is 0 Å². The molecule has 11 heteroatoms. The normalized spacial score (nSPS) is 49.2. The molecule has 1 aromatic rings. The third-order valence-electron chi connectivity index (χ3n) is 9.05. The van der Waals surface area contributed by atoms with E-state index < -0.39 is 48.1 Å². The highest BCUT2D eigenvalue weighted by Gasteiger charge is 2.78. The van der Waals surface area contributed by atoms with Gasteiger partial charge in [-0.15, -0.1) is 11.6 Å². The highest BCUT2D eigenvalue weighted by molar-refractivity contribution is 6.24. The van der Waals surface area contributed by atoms with Crippen molar-refractivity contribution in [3.63, 3.8) is 0 Å². The van der Waals surface area contributed by atoms with E-state index in [9.17, 15) is 25.2 Å². The maximum Gasteiger partial charge on any atom is 0.335 e. The molecule has 1 aromatic carbocycles. The number of aliphatic hydroxyl groups excluding tert-OH is 3. The maximum atomic E-state index is 11.5. The van der Waals surface area contributed by atoms with Crippen LogP contribution in [0.15, 0.2) is 18.2 Å². The Morgan fingerprint density at radius 3 is 2.31 bits per heavy atom. The van der Waals surface area contributed by atoms with Gasteiger partial charge in [0.05, 0.1) is 0 Å². The average molecular weight is 527 g/mol. The van der Waals surface area contributed by atoms with Gasteiger partial charge < -0.3 is 34.6 Å². The number of benzene rings is 1. The number of rotatable bonds is 5. The summed E-state index contributed by atoms with van der Waals surface area (Å²) >= 11 is 6.97. The van der Waals surface area contributed by atoms with Crippen LogP contribution in [-0.2, 0) is 29.8 Å². The Bertz CT molecular complexity index is 1050. The first-order valence-electron chi connectivity index (χ1n) is 12.3. The molecule has 2 heterocycles. The summed E-state index contributed by atoms with van der Waals surface area (Å²) in [5.41, 5.74) is 0.625. The fraction of sp³-hybridized carbons (Fsp3) is 0.720. The second-order valence-corrected chi connectivity index (χ2v) is 11.9. The van der Waals surface area contributed by atoms with Gasteiger partial charge >= 0.3 is 5.97 Å². The van der Waals surface area contributed by atoms with Crippen LogP contribution < -0.4 is 4.74 Å². The molecule has 0 aromatic heterocycles. The number of carboxylic acid groups (broad SMARTS) is 1. The molecule has 10 nitrogen and oxygen atoms in total. The average Bonchev–Trinajstić information content (AvgIpc) is 2.80. The van der Waals surface area contributed by atoms with Crippen molar-refractivity contribution < 1.29 is 49.2 Å². The van der Waals surface area contributed by atoms with E-state index in [1.165, 1.54) is 0 Å². The molecule has 2 saturated heterocycles. The van der Waals surface area contributed by atoms with Gasteiger partial charge in [-0.25, -0.2) is 9.68 Å². The number of aliphatic carboxylic acids is 1. The lowest BCUT2D eigenvalue weighted by atomic mass is 9.46. The highest BCUT2D eigenvalue weighted by Crippen LogP contribution is 2.71. The Hall–Kier alpha value is -1.50. The second-order valence-electron chi connectivity index (χ2n) is 11.1. The molecule has 6 fully saturated rings. The first-order chi connectivity index (χ1) is 17.0. The van der Waals surface area contributed by atoms with Gasteiger partial charge in [0.1, 0.15) is 24.1 Å². The summed E-state index contributed by atoms with van der Waals surface area (Å²) in [4.78, 5) is 23.1. The largest absolute Gasteiger partial charge is 0.479 e. The summed E-state index contributed by atoms with van der Waals surface area (Å²) in [5, 5.41) is 39.9. The minimum atomic E-state index is -1.80. The van der Waals surface area contributed by atoms with Gasteiger partial charge in [0, 0.05) is 17.5 Å². The molecular formula is C25H31ClO10. The molecule has 4 saturated carbocycles. The molecule has 7 rings (SSSR count). The summed E-state index contributed by atoms with van der Waals surface area (Å²) in [5.74, 6) is -1.50. The van der Waals surface area contributed by atoms with Crippen LogP contribution in [0.5, 0.6) is 5.75 Å². The Morgan fingerprint density at radius 1 is 1.06 bits per heavy atom. The molecule has 4 N–H and O–H groups in total. The van der Waals surface area contributed by atoms with E-state index in [-0.39, 0.29) is 22.5 Å². The molecule has 8 atom stereocenters. The molecule has 0 radical (unpaired) electrons. The maximum absolute atomic E-state index is 11.5.